The number of fused-ring (bicyclic) bond motifs is 2. The van der Waals surface area contributed by atoms with Gasteiger partial charge >= 0.3 is 16.2 Å². The highest BCUT2D eigenvalue weighted by Gasteiger charge is 2.25. The molecule has 0 saturated carbocycles. The number of hydrogen-bond donors (Lipinski definition) is 3. The van der Waals surface area contributed by atoms with Crippen molar-refractivity contribution in [2.75, 3.05) is 11.9 Å². The molecular weight excluding hydrogens is 384 g/mol. The lowest BCUT2D eigenvalue weighted by Crippen LogP contribution is -2.43. The first-order valence-electron chi connectivity index (χ1n) is 9.15. The summed E-state index contributed by atoms with van der Waals surface area (Å²) in [6.07, 6.45) is 8.21. The maximum absolute atomic E-state index is 12.4. The summed E-state index contributed by atoms with van der Waals surface area (Å²) in [5.41, 5.74) is 5.73. The van der Waals surface area contributed by atoms with Gasteiger partial charge in [-0.25, -0.2) is 14.5 Å². The number of anilines is 1. The van der Waals surface area contributed by atoms with Gasteiger partial charge in [0.25, 0.3) is 0 Å². The minimum atomic E-state index is -3.92. The summed E-state index contributed by atoms with van der Waals surface area (Å²) in [6, 6.07) is 1.55. The number of hydrogen-bond acceptors (Lipinski definition) is 5. The number of rotatable bonds is 6. The zero-order valence-electron chi connectivity index (χ0n) is 14.9. The normalized spacial score (nSPS) is 15.4. The van der Waals surface area contributed by atoms with Crippen LogP contribution >= 0.6 is 11.3 Å². The van der Waals surface area contributed by atoms with Crippen LogP contribution in [0.5, 0.6) is 0 Å². The number of benzene rings is 1. The summed E-state index contributed by atoms with van der Waals surface area (Å²) >= 11 is 1.47. The molecule has 0 radical (unpaired) electrons. The van der Waals surface area contributed by atoms with Crippen LogP contribution in [0.4, 0.5) is 10.5 Å². The number of thiazole rings is 1. The van der Waals surface area contributed by atoms with Gasteiger partial charge in [-0.15, -0.1) is 11.3 Å². The van der Waals surface area contributed by atoms with E-state index in [1.54, 1.807) is 6.20 Å². The topological polar surface area (TPSA) is 100 Å². The lowest BCUT2D eigenvalue weighted by molar-refractivity contribution is 0.256. The first-order chi connectivity index (χ1) is 13.0. The first kappa shape index (κ1) is 18.4. The average molecular weight is 407 g/mol. The standard InChI is InChI=1S/C18H22N4O3S2/c23-18(22-27(24,25)20-8-7-16-19-9-10-26-16)21-17-14-5-1-3-12(14)11-13-4-2-6-15(13)17/h9-11,20H,1-8H2,(H2,21,22,23). The Morgan fingerprint density at radius 1 is 1.11 bits per heavy atom. The van der Waals surface area contributed by atoms with E-state index in [2.05, 4.69) is 25.8 Å². The average Bonchev–Trinajstić information content (AvgIpc) is 3.34. The molecule has 3 N–H and O–H groups in total. The predicted molar refractivity (Wildman–Crippen MR) is 105 cm³/mol. The molecule has 0 spiro atoms. The fourth-order valence-electron chi connectivity index (χ4n) is 3.93. The molecule has 0 saturated heterocycles. The Morgan fingerprint density at radius 3 is 2.44 bits per heavy atom. The molecule has 2 aliphatic rings. The van der Waals surface area contributed by atoms with Crippen LogP contribution in [0, 0.1) is 0 Å². The molecule has 1 aromatic heterocycles. The van der Waals surface area contributed by atoms with Gasteiger partial charge in [-0.3, -0.25) is 0 Å². The Balaban J connectivity index is 1.41. The van der Waals surface area contributed by atoms with Crippen LogP contribution in [-0.4, -0.2) is 26.0 Å². The van der Waals surface area contributed by atoms with Crippen molar-refractivity contribution in [3.05, 3.63) is 44.9 Å². The van der Waals surface area contributed by atoms with Crippen molar-refractivity contribution >= 4 is 33.3 Å². The maximum Gasteiger partial charge on any atom is 0.333 e. The minimum absolute atomic E-state index is 0.187. The second kappa shape index (κ2) is 7.57. The summed E-state index contributed by atoms with van der Waals surface area (Å²) in [7, 11) is -3.92. The molecule has 2 aliphatic carbocycles. The van der Waals surface area contributed by atoms with E-state index in [0.717, 1.165) is 49.2 Å². The molecule has 4 rings (SSSR count). The molecule has 0 unspecified atom stereocenters. The highest BCUT2D eigenvalue weighted by Crippen LogP contribution is 2.38. The van der Waals surface area contributed by atoms with Gasteiger partial charge < -0.3 is 5.32 Å². The lowest BCUT2D eigenvalue weighted by atomic mass is 9.99. The smallest absolute Gasteiger partial charge is 0.307 e. The van der Waals surface area contributed by atoms with Gasteiger partial charge in [0, 0.05) is 30.2 Å². The highest BCUT2D eigenvalue weighted by atomic mass is 32.2. The number of nitrogens with zero attached hydrogens (tertiary/aromatic N) is 1. The molecule has 0 aliphatic heterocycles. The molecule has 1 aromatic carbocycles. The van der Waals surface area contributed by atoms with Crippen LogP contribution in [0.3, 0.4) is 0 Å². The summed E-state index contributed by atoms with van der Waals surface area (Å²) in [5.74, 6) is 0. The fraction of sp³-hybridized carbons (Fsp3) is 0.444. The zero-order chi connectivity index (χ0) is 18.9. The molecule has 1 heterocycles. The van der Waals surface area contributed by atoms with Gasteiger partial charge in [-0.1, -0.05) is 6.07 Å². The second-order valence-corrected chi connectivity index (χ2v) is 9.34. The third-order valence-corrected chi connectivity index (χ3v) is 6.93. The van der Waals surface area contributed by atoms with Crippen molar-refractivity contribution in [2.45, 2.75) is 44.9 Å². The molecule has 144 valence electrons. The number of nitrogens with one attached hydrogen (secondary N) is 3. The van der Waals surface area contributed by atoms with E-state index in [9.17, 15) is 13.2 Å². The van der Waals surface area contributed by atoms with E-state index in [1.165, 1.54) is 33.6 Å². The number of aryl methyl sites for hydroxylation is 2. The van der Waals surface area contributed by atoms with Gasteiger partial charge in [-0.05, 0) is 60.8 Å². The van der Waals surface area contributed by atoms with Crippen LogP contribution in [0.2, 0.25) is 0 Å². The predicted octanol–water partition coefficient (Wildman–Crippen LogP) is 2.32. The Hall–Kier alpha value is -1.97. The van der Waals surface area contributed by atoms with Crippen molar-refractivity contribution in [1.29, 1.82) is 0 Å². The van der Waals surface area contributed by atoms with E-state index in [0.29, 0.717) is 6.42 Å². The molecular formula is C18H22N4O3S2. The fourth-order valence-corrected chi connectivity index (χ4v) is 5.29. The van der Waals surface area contributed by atoms with Crippen molar-refractivity contribution in [3.8, 4) is 0 Å². The molecule has 9 heteroatoms. The summed E-state index contributed by atoms with van der Waals surface area (Å²) in [4.78, 5) is 16.5. The summed E-state index contributed by atoms with van der Waals surface area (Å²) in [5, 5.41) is 5.51. The van der Waals surface area contributed by atoms with Crippen LogP contribution in [-0.2, 0) is 42.3 Å². The molecule has 0 atom stereocenters. The number of aromatic nitrogens is 1. The summed E-state index contributed by atoms with van der Waals surface area (Å²) < 4.78 is 28.7. The molecule has 2 amide bonds. The van der Waals surface area contributed by atoms with Crippen LogP contribution in [0.25, 0.3) is 0 Å². The van der Waals surface area contributed by atoms with E-state index in [1.807, 2.05) is 5.38 Å². The van der Waals surface area contributed by atoms with E-state index >= 15 is 0 Å². The van der Waals surface area contributed by atoms with Crippen LogP contribution in [0.1, 0.15) is 40.1 Å². The first-order valence-corrected chi connectivity index (χ1v) is 11.5. The van der Waals surface area contributed by atoms with Gasteiger partial charge in [0.15, 0.2) is 0 Å². The second-order valence-electron chi connectivity index (χ2n) is 6.86. The van der Waals surface area contributed by atoms with Gasteiger partial charge in [0.05, 0.1) is 5.01 Å². The van der Waals surface area contributed by atoms with Gasteiger partial charge in [0.2, 0.25) is 0 Å². The molecule has 7 nitrogen and oxygen atoms in total. The van der Waals surface area contributed by atoms with Crippen molar-refractivity contribution < 1.29 is 13.2 Å². The number of urea groups is 1. The molecule has 0 bridgehead atoms. The van der Waals surface area contributed by atoms with Crippen molar-refractivity contribution in [1.82, 2.24) is 14.4 Å². The van der Waals surface area contributed by atoms with E-state index < -0.39 is 16.2 Å². The molecule has 0 fully saturated rings. The number of carbonyl (C=O) groups is 1. The molecule has 27 heavy (non-hydrogen) atoms. The van der Waals surface area contributed by atoms with E-state index in [-0.39, 0.29) is 6.54 Å². The number of amides is 2. The Bertz CT molecular complexity index is 923. The van der Waals surface area contributed by atoms with Gasteiger partial charge in [0.1, 0.15) is 0 Å². The third-order valence-electron chi connectivity index (χ3n) is 5.05. The third kappa shape index (κ3) is 4.15. The van der Waals surface area contributed by atoms with E-state index in [4.69, 9.17) is 0 Å². The number of carbonyl (C=O) groups excluding carboxylic acids is 1. The highest BCUT2D eigenvalue weighted by molar-refractivity contribution is 7.88. The Labute approximate surface area is 162 Å². The lowest BCUT2D eigenvalue weighted by Gasteiger charge is -2.16. The quantitative estimate of drug-likeness (QED) is 0.685. The summed E-state index contributed by atoms with van der Waals surface area (Å²) in [6.45, 7) is 0.187. The molecule has 2 aromatic rings. The zero-order valence-corrected chi connectivity index (χ0v) is 16.5. The van der Waals surface area contributed by atoms with Crippen LogP contribution in [0.15, 0.2) is 17.6 Å². The van der Waals surface area contributed by atoms with Crippen LogP contribution < -0.4 is 14.8 Å². The van der Waals surface area contributed by atoms with Crippen molar-refractivity contribution in [3.63, 3.8) is 0 Å². The Morgan fingerprint density at radius 2 is 1.81 bits per heavy atom. The largest absolute Gasteiger partial charge is 0.333 e. The van der Waals surface area contributed by atoms with Crippen molar-refractivity contribution in [2.24, 2.45) is 0 Å². The maximum atomic E-state index is 12.4. The Kier molecular flexibility index (Phi) is 5.16. The monoisotopic (exact) mass is 406 g/mol. The minimum Gasteiger partial charge on any atom is -0.307 e. The SMILES string of the molecule is O=C(Nc1c2c(cc3c1CCC3)CCC2)NS(=O)(=O)NCCc1nccs1. The van der Waals surface area contributed by atoms with Gasteiger partial charge in [-0.2, -0.15) is 13.1 Å².